The van der Waals surface area contributed by atoms with Crippen molar-refractivity contribution in [1.29, 1.82) is 0 Å². The van der Waals surface area contributed by atoms with Crippen molar-refractivity contribution >= 4 is 0 Å². The van der Waals surface area contributed by atoms with E-state index in [9.17, 15) is 5.11 Å². The van der Waals surface area contributed by atoms with Crippen LogP contribution < -0.4 is 0 Å². The first-order chi connectivity index (χ1) is 9.70. The zero-order valence-corrected chi connectivity index (χ0v) is 12.8. The van der Waals surface area contributed by atoms with Gasteiger partial charge < -0.3 is 5.11 Å². The summed E-state index contributed by atoms with van der Waals surface area (Å²) in [6.45, 7) is 6.93. The molecule has 1 fully saturated rings. The van der Waals surface area contributed by atoms with Crippen molar-refractivity contribution in [3.05, 3.63) is 35.4 Å². The van der Waals surface area contributed by atoms with E-state index in [0.717, 1.165) is 24.4 Å². The van der Waals surface area contributed by atoms with Gasteiger partial charge in [0.1, 0.15) is 0 Å². The first-order valence-corrected chi connectivity index (χ1v) is 8.21. The molecule has 1 aliphatic carbocycles. The Morgan fingerprint density at radius 1 is 1.25 bits per heavy atom. The summed E-state index contributed by atoms with van der Waals surface area (Å²) in [6.07, 6.45) is 4.71. The van der Waals surface area contributed by atoms with Gasteiger partial charge in [0.05, 0.1) is 6.10 Å². The van der Waals surface area contributed by atoms with E-state index < -0.39 is 0 Å². The Morgan fingerprint density at radius 2 is 2.00 bits per heavy atom. The molecule has 0 bridgehead atoms. The van der Waals surface area contributed by atoms with Gasteiger partial charge in [-0.25, -0.2) is 0 Å². The largest absolute Gasteiger partial charge is 0.387 e. The fraction of sp³-hybridized carbons (Fsp3) is 0.667. The van der Waals surface area contributed by atoms with Gasteiger partial charge >= 0.3 is 0 Å². The molecule has 1 saturated heterocycles. The van der Waals surface area contributed by atoms with Gasteiger partial charge in [-0.1, -0.05) is 44.5 Å². The minimum atomic E-state index is -0.307. The number of likely N-dealkylation sites (tertiary alicyclic amines) is 1. The summed E-state index contributed by atoms with van der Waals surface area (Å²) in [4.78, 5) is 2.56. The third-order valence-electron chi connectivity index (χ3n) is 5.40. The Hall–Kier alpha value is -0.860. The van der Waals surface area contributed by atoms with Gasteiger partial charge in [-0.15, -0.1) is 0 Å². The molecule has 1 aliphatic heterocycles. The summed E-state index contributed by atoms with van der Waals surface area (Å²) in [5.41, 5.74) is 2.51. The van der Waals surface area contributed by atoms with Crippen LogP contribution >= 0.6 is 0 Å². The number of hydrogen-bond donors (Lipinski definition) is 1. The van der Waals surface area contributed by atoms with Gasteiger partial charge in [0.25, 0.3) is 0 Å². The molecule has 0 aromatic heterocycles. The second kappa shape index (κ2) is 5.87. The van der Waals surface area contributed by atoms with E-state index in [1.807, 2.05) is 0 Å². The van der Waals surface area contributed by atoms with E-state index in [1.165, 1.54) is 31.4 Å². The van der Waals surface area contributed by atoms with Gasteiger partial charge in [-0.2, -0.15) is 0 Å². The van der Waals surface area contributed by atoms with Crippen molar-refractivity contribution < 1.29 is 5.11 Å². The zero-order chi connectivity index (χ0) is 14.1. The number of piperidine rings is 1. The SMILES string of the molecule is CCC1CCCN(C2CC(C)c3ccccc3C2O)C1. The lowest BCUT2D eigenvalue weighted by atomic mass is 9.78. The Kier molecular flexibility index (Phi) is 4.13. The smallest absolute Gasteiger partial charge is 0.0948 e. The number of benzene rings is 1. The van der Waals surface area contributed by atoms with Gasteiger partial charge in [0.2, 0.25) is 0 Å². The van der Waals surface area contributed by atoms with Crippen molar-refractivity contribution in [3.63, 3.8) is 0 Å². The summed E-state index contributed by atoms with van der Waals surface area (Å²) in [7, 11) is 0. The van der Waals surface area contributed by atoms with Gasteiger partial charge in [0, 0.05) is 12.6 Å². The topological polar surface area (TPSA) is 23.5 Å². The van der Waals surface area contributed by atoms with Crippen LogP contribution in [-0.4, -0.2) is 29.1 Å². The van der Waals surface area contributed by atoms with Crippen LogP contribution in [-0.2, 0) is 0 Å². The van der Waals surface area contributed by atoms with E-state index >= 15 is 0 Å². The van der Waals surface area contributed by atoms with Crippen LogP contribution in [0.4, 0.5) is 0 Å². The Labute approximate surface area is 122 Å². The van der Waals surface area contributed by atoms with Crippen molar-refractivity contribution in [2.24, 2.45) is 5.92 Å². The first-order valence-electron chi connectivity index (χ1n) is 8.21. The second-order valence-electron chi connectivity index (χ2n) is 6.69. The predicted octanol–water partition coefficient (Wildman–Crippen LogP) is 3.72. The minimum absolute atomic E-state index is 0.307. The molecule has 2 aliphatic rings. The van der Waals surface area contributed by atoms with E-state index in [4.69, 9.17) is 0 Å². The maximum absolute atomic E-state index is 10.8. The van der Waals surface area contributed by atoms with Crippen LogP contribution in [0.1, 0.15) is 62.7 Å². The maximum atomic E-state index is 10.8. The van der Waals surface area contributed by atoms with E-state index in [-0.39, 0.29) is 6.10 Å². The van der Waals surface area contributed by atoms with Gasteiger partial charge in [0.15, 0.2) is 0 Å². The third kappa shape index (κ3) is 2.51. The molecule has 1 N–H and O–H groups in total. The number of nitrogens with zero attached hydrogens (tertiary/aromatic N) is 1. The van der Waals surface area contributed by atoms with Crippen molar-refractivity contribution in [2.45, 2.75) is 57.6 Å². The summed E-state index contributed by atoms with van der Waals surface area (Å²) in [5.74, 6) is 1.38. The molecule has 4 unspecified atom stereocenters. The molecule has 1 aromatic rings. The van der Waals surface area contributed by atoms with Crippen LogP contribution in [0.15, 0.2) is 24.3 Å². The number of aliphatic hydroxyl groups is 1. The van der Waals surface area contributed by atoms with Gasteiger partial charge in [-0.05, 0) is 48.8 Å². The average molecular weight is 273 g/mol. The highest BCUT2D eigenvalue weighted by molar-refractivity contribution is 5.35. The van der Waals surface area contributed by atoms with E-state index in [1.54, 1.807) is 0 Å². The number of hydrogen-bond acceptors (Lipinski definition) is 2. The molecular formula is C18H27NO. The van der Waals surface area contributed by atoms with Crippen LogP contribution in [0.3, 0.4) is 0 Å². The van der Waals surface area contributed by atoms with Gasteiger partial charge in [-0.3, -0.25) is 4.90 Å². The molecule has 0 saturated carbocycles. The molecule has 3 rings (SSSR count). The lowest BCUT2D eigenvalue weighted by Crippen LogP contribution is -2.47. The monoisotopic (exact) mass is 273 g/mol. The number of aliphatic hydroxyl groups excluding tert-OH is 1. The summed E-state index contributed by atoms with van der Waals surface area (Å²) in [6, 6.07) is 8.77. The molecule has 4 atom stereocenters. The van der Waals surface area contributed by atoms with E-state index in [2.05, 4.69) is 43.0 Å². The summed E-state index contributed by atoms with van der Waals surface area (Å²) in [5, 5.41) is 10.8. The summed E-state index contributed by atoms with van der Waals surface area (Å²) < 4.78 is 0. The molecular weight excluding hydrogens is 246 g/mol. The lowest BCUT2D eigenvalue weighted by molar-refractivity contribution is 0.00865. The highest BCUT2D eigenvalue weighted by atomic mass is 16.3. The highest BCUT2D eigenvalue weighted by Gasteiger charge is 2.36. The van der Waals surface area contributed by atoms with Crippen molar-refractivity contribution in [3.8, 4) is 0 Å². The standard InChI is InChI=1S/C18H27NO/c1-3-14-7-6-10-19(12-14)17-11-13(2)15-8-4-5-9-16(15)18(17)20/h4-5,8-9,13-14,17-18,20H,3,6-7,10-12H2,1-2H3. The minimum Gasteiger partial charge on any atom is -0.387 e. The molecule has 20 heavy (non-hydrogen) atoms. The molecule has 0 spiro atoms. The fourth-order valence-corrected chi connectivity index (χ4v) is 4.13. The van der Waals surface area contributed by atoms with Crippen molar-refractivity contribution in [1.82, 2.24) is 4.90 Å². The average Bonchev–Trinajstić information content (AvgIpc) is 2.51. The molecule has 110 valence electrons. The maximum Gasteiger partial charge on any atom is 0.0948 e. The number of fused-ring (bicyclic) bond motifs is 1. The number of rotatable bonds is 2. The third-order valence-corrected chi connectivity index (χ3v) is 5.40. The van der Waals surface area contributed by atoms with Crippen molar-refractivity contribution in [2.75, 3.05) is 13.1 Å². The van der Waals surface area contributed by atoms with Crippen LogP contribution in [0.25, 0.3) is 0 Å². The molecule has 0 radical (unpaired) electrons. The normalized spacial score (nSPS) is 34.8. The van der Waals surface area contributed by atoms with Crippen LogP contribution in [0.5, 0.6) is 0 Å². The quantitative estimate of drug-likeness (QED) is 0.887. The van der Waals surface area contributed by atoms with Crippen LogP contribution in [0, 0.1) is 5.92 Å². The molecule has 1 aromatic carbocycles. The van der Waals surface area contributed by atoms with E-state index in [0.29, 0.717) is 12.0 Å². The van der Waals surface area contributed by atoms with Crippen LogP contribution in [0.2, 0.25) is 0 Å². The fourth-order valence-electron chi connectivity index (χ4n) is 4.13. The molecule has 1 heterocycles. The first kappa shape index (κ1) is 14.1. The highest BCUT2D eigenvalue weighted by Crippen LogP contribution is 2.40. The Balaban J connectivity index is 1.82. The molecule has 2 nitrogen and oxygen atoms in total. The predicted molar refractivity (Wildman–Crippen MR) is 82.8 cm³/mol. The Morgan fingerprint density at radius 3 is 2.75 bits per heavy atom. The zero-order valence-electron chi connectivity index (χ0n) is 12.8. The molecule has 2 heteroatoms. The summed E-state index contributed by atoms with van der Waals surface area (Å²) >= 11 is 0. The lowest BCUT2D eigenvalue weighted by Gasteiger charge is -2.44. The molecule has 0 amide bonds. The Bertz CT molecular complexity index is 458. The second-order valence-corrected chi connectivity index (χ2v) is 6.69.